The van der Waals surface area contributed by atoms with Crippen LogP contribution in [0.1, 0.15) is 15.4 Å². The third-order valence-electron chi connectivity index (χ3n) is 1.79. The van der Waals surface area contributed by atoms with E-state index >= 15 is 0 Å². The van der Waals surface area contributed by atoms with Crippen LogP contribution in [0.15, 0.2) is 30.3 Å². The summed E-state index contributed by atoms with van der Waals surface area (Å²) in [4.78, 5) is 12.0. The van der Waals surface area contributed by atoms with Crippen LogP contribution >= 0.6 is 11.5 Å². The predicted octanol–water partition coefficient (Wildman–Crippen LogP) is 2.07. The van der Waals surface area contributed by atoms with Crippen molar-refractivity contribution in [2.24, 2.45) is 0 Å². The van der Waals surface area contributed by atoms with E-state index in [0.717, 1.165) is 11.5 Å². The average molecular weight is 220 g/mol. The Labute approximate surface area is 90.7 Å². The first-order chi connectivity index (χ1) is 7.27. The fourth-order valence-corrected chi connectivity index (χ4v) is 1.59. The van der Waals surface area contributed by atoms with Crippen molar-refractivity contribution < 1.29 is 9.53 Å². The SMILES string of the molecule is Cc1nnsc1C(=O)Oc1ccccc1. The van der Waals surface area contributed by atoms with E-state index in [1.165, 1.54) is 0 Å². The van der Waals surface area contributed by atoms with Crippen molar-refractivity contribution in [1.82, 2.24) is 9.59 Å². The lowest BCUT2D eigenvalue weighted by Crippen LogP contribution is -2.07. The van der Waals surface area contributed by atoms with Gasteiger partial charge in [0.25, 0.3) is 0 Å². The van der Waals surface area contributed by atoms with Crippen LogP contribution in [0.5, 0.6) is 5.75 Å². The predicted molar refractivity (Wildman–Crippen MR) is 56.0 cm³/mol. The molecule has 1 aromatic carbocycles. The Kier molecular flexibility index (Phi) is 2.73. The van der Waals surface area contributed by atoms with Gasteiger partial charge in [0.1, 0.15) is 5.75 Å². The Balaban J connectivity index is 2.15. The Morgan fingerprint density at radius 2 is 2.07 bits per heavy atom. The molecule has 0 unspecified atom stereocenters. The molecule has 1 aromatic heterocycles. The van der Waals surface area contributed by atoms with Crippen molar-refractivity contribution in [1.29, 1.82) is 0 Å². The number of carbonyl (C=O) groups excluding carboxylic acids is 1. The maximum atomic E-state index is 11.6. The normalized spacial score (nSPS) is 9.93. The fraction of sp³-hybridized carbons (Fsp3) is 0.100. The summed E-state index contributed by atoms with van der Waals surface area (Å²) < 4.78 is 8.81. The maximum absolute atomic E-state index is 11.6. The first-order valence-corrected chi connectivity index (χ1v) is 5.11. The third kappa shape index (κ3) is 2.19. The lowest BCUT2D eigenvalue weighted by atomic mass is 10.3. The van der Waals surface area contributed by atoms with E-state index in [4.69, 9.17) is 4.74 Å². The summed E-state index contributed by atoms with van der Waals surface area (Å²) in [6.45, 7) is 1.73. The molecule has 0 fully saturated rings. The standard InChI is InChI=1S/C10H8N2O2S/c1-7-9(15-12-11-7)10(13)14-8-5-3-2-4-6-8/h2-6H,1H3. The van der Waals surface area contributed by atoms with Crippen molar-refractivity contribution in [2.75, 3.05) is 0 Å². The van der Waals surface area contributed by atoms with E-state index in [0.29, 0.717) is 16.3 Å². The molecule has 0 radical (unpaired) electrons. The van der Waals surface area contributed by atoms with Gasteiger partial charge in [-0.15, -0.1) is 5.10 Å². The molecule has 0 bridgehead atoms. The molecular weight excluding hydrogens is 212 g/mol. The van der Waals surface area contributed by atoms with Gasteiger partial charge in [-0.2, -0.15) is 0 Å². The minimum absolute atomic E-state index is 0.409. The summed E-state index contributed by atoms with van der Waals surface area (Å²) in [5, 5.41) is 3.75. The van der Waals surface area contributed by atoms with E-state index < -0.39 is 5.97 Å². The molecule has 2 rings (SSSR count). The summed E-state index contributed by atoms with van der Waals surface area (Å²) in [6.07, 6.45) is 0. The molecule has 0 N–H and O–H groups in total. The highest BCUT2D eigenvalue weighted by atomic mass is 32.1. The van der Waals surface area contributed by atoms with Crippen LogP contribution in [-0.2, 0) is 0 Å². The van der Waals surface area contributed by atoms with Crippen LogP contribution in [0.25, 0.3) is 0 Å². The Morgan fingerprint density at radius 1 is 1.33 bits per heavy atom. The molecule has 0 amide bonds. The van der Waals surface area contributed by atoms with Gasteiger partial charge in [0.2, 0.25) is 0 Å². The molecule has 5 heteroatoms. The van der Waals surface area contributed by atoms with Gasteiger partial charge in [0.05, 0.1) is 5.69 Å². The topological polar surface area (TPSA) is 52.1 Å². The number of hydrogen-bond donors (Lipinski definition) is 0. The van der Waals surface area contributed by atoms with Crippen molar-refractivity contribution in [3.8, 4) is 5.75 Å². The first-order valence-electron chi connectivity index (χ1n) is 4.33. The largest absolute Gasteiger partial charge is 0.422 e. The van der Waals surface area contributed by atoms with E-state index in [1.54, 1.807) is 31.2 Å². The monoisotopic (exact) mass is 220 g/mol. The zero-order valence-electron chi connectivity index (χ0n) is 8.01. The molecule has 15 heavy (non-hydrogen) atoms. The van der Waals surface area contributed by atoms with Gasteiger partial charge in [-0.3, -0.25) is 0 Å². The number of benzene rings is 1. The quantitative estimate of drug-likeness (QED) is 0.574. The minimum atomic E-state index is -0.409. The summed E-state index contributed by atoms with van der Waals surface area (Å²) in [6, 6.07) is 8.92. The Morgan fingerprint density at radius 3 is 2.67 bits per heavy atom. The van der Waals surface area contributed by atoms with Gasteiger partial charge < -0.3 is 4.74 Å². The molecule has 76 valence electrons. The molecule has 0 aliphatic carbocycles. The van der Waals surface area contributed by atoms with Crippen LogP contribution in [0.4, 0.5) is 0 Å². The summed E-state index contributed by atoms with van der Waals surface area (Å²) in [7, 11) is 0. The van der Waals surface area contributed by atoms with Crippen molar-refractivity contribution in [2.45, 2.75) is 6.92 Å². The van der Waals surface area contributed by atoms with Crippen LogP contribution in [0.2, 0.25) is 0 Å². The van der Waals surface area contributed by atoms with Gasteiger partial charge in [-0.25, -0.2) is 4.79 Å². The third-order valence-corrected chi connectivity index (χ3v) is 2.60. The first kappa shape index (κ1) is 9.79. The Hall–Kier alpha value is -1.75. The zero-order valence-corrected chi connectivity index (χ0v) is 8.82. The van der Waals surface area contributed by atoms with Crippen LogP contribution in [0, 0.1) is 6.92 Å². The van der Waals surface area contributed by atoms with Crippen LogP contribution in [0.3, 0.4) is 0 Å². The maximum Gasteiger partial charge on any atom is 0.357 e. The van der Waals surface area contributed by atoms with Crippen LogP contribution < -0.4 is 4.74 Å². The second-order valence-electron chi connectivity index (χ2n) is 2.89. The van der Waals surface area contributed by atoms with Crippen LogP contribution in [-0.4, -0.2) is 15.6 Å². The van der Waals surface area contributed by atoms with Crippen molar-refractivity contribution >= 4 is 17.5 Å². The highest BCUT2D eigenvalue weighted by molar-refractivity contribution is 7.07. The number of nitrogens with zero attached hydrogens (tertiary/aromatic N) is 2. The summed E-state index contributed by atoms with van der Waals surface area (Å²) in [5.74, 6) is 0.115. The number of hydrogen-bond acceptors (Lipinski definition) is 5. The summed E-state index contributed by atoms with van der Waals surface area (Å²) in [5.41, 5.74) is 0.598. The number of para-hydroxylation sites is 1. The lowest BCUT2D eigenvalue weighted by molar-refractivity contribution is 0.0739. The lowest BCUT2D eigenvalue weighted by Gasteiger charge is -2.01. The van der Waals surface area contributed by atoms with E-state index in [1.807, 2.05) is 6.07 Å². The number of aromatic nitrogens is 2. The van der Waals surface area contributed by atoms with E-state index in [9.17, 15) is 4.79 Å². The number of carbonyl (C=O) groups is 1. The van der Waals surface area contributed by atoms with E-state index in [2.05, 4.69) is 9.59 Å². The smallest absolute Gasteiger partial charge is 0.357 e. The fourth-order valence-electron chi connectivity index (χ4n) is 1.06. The van der Waals surface area contributed by atoms with E-state index in [-0.39, 0.29) is 0 Å². The van der Waals surface area contributed by atoms with Crippen molar-refractivity contribution in [3.63, 3.8) is 0 Å². The van der Waals surface area contributed by atoms with Gasteiger partial charge in [0.15, 0.2) is 4.88 Å². The highest BCUT2D eigenvalue weighted by Gasteiger charge is 2.15. The average Bonchev–Trinajstić information content (AvgIpc) is 2.66. The second-order valence-corrected chi connectivity index (χ2v) is 3.64. The number of rotatable bonds is 2. The van der Waals surface area contributed by atoms with Gasteiger partial charge in [-0.05, 0) is 30.6 Å². The minimum Gasteiger partial charge on any atom is -0.422 e. The van der Waals surface area contributed by atoms with Crippen molar-refractivity contribution in [3.05, 3.63) is 40.9 Å². The van der Waals surface area contributed by atoms with Gasteiger partial charge in [0, 0.05) is 0 Å². The summed E-state index contributed by atoms with van der Waals surface area (Å²) >= 11 is 1.04. The van der Waals surface area contributed by atoms with Gasteiger partial charge in [-0.1, -0.05) is 22.7 Å². The molecule has 0 aliphatic rings. The highest BCUT2D eigenvalue weighted by Crippen LogP contribution is 2.15. The molecule has 4 nitrogen and oxygen atoms in total. The number of ether oxygens (including phenoxy) is 1. The van der Waals surface area contributed by atoms with Gasteiger partial charge >= 0.3 is 5.97 Å². The zero-order chi connectivity index (χ0) is 10.7. The number of esters is 1. The molecule has 0 aliphatic heterocycles. The molecule has 0 atom stereocenters. The molecule has 2 aromatic rings. The molecular formula is C10H8N2O2S. The number of aryl methyl sites for hydroxylation is 1. The molecule has 0 spiro atoms. The molecule has 1 heterocycles. The molecule has 0 saturated heterocycles. The Bertz CT molecular complexity index is 467. The second kappa shape index (κ2) is 4.18. The molecule has 0 saturated carbocycles.